The van der Waals surface area contributed by atoms with E-state index in [1.807, 2.05) is 24.8 Å². The zero-order chi connectivity index (χ0) is 23.1. The average Bonchev–Trinajstić information content (AvgIpc) is 3.53. The normalized spacial score (nSPS) is 17.2. The Morgan fingerprint density at radius 1 is 1.03 bits per heavy atom. The van der Waals surface area contributed by atoms with Gasteiger partial charge in [0.05, 0.1) is 37.9 Å². The third-order valence-electron chi connectivity index (χ3n) is 5.99. The maximum atomic E-state index is 13.6. The molecule has 0 bridgehead atoms. The minimum atomic E-state index is -0.0917. The number of rotatable bonds is 5. The van der Waals surface area contributed by atoms with E-state index in [1.165, 1.54) is 5.57 Å². The van der Waals surface area contributed by atoms with Crippen LogP contribution in [0, 0.1) is 19.8 Å². The molecule has 5 rings (SSSR count). The smallest absolute Gasteiger partial charge is 0.256 e. The van der Waals surface area contributed by atoms with Gasteiger partial charge in [-0.3, -0.25) is 4.79 Å². The molecule has 1 fully saturated rings. The molecule has 0 N–H and O–H groups in total. The second-order valence-corrected chi connectivity index (χ2v) is 8.26. The molecular weight excluding hydrogens is 422 g/mol. The molecule has 1 unspecified atom stereocenters. The number of fused-ring (bicyclic) bond motifs is 1. The van der Waals surface area contributed by atoms with E-state index in [0.29, 0.717) is 41.8 Å². The maximum absolute atomic E-state index is 13.6. The van der Waals surface area contributed by atoms with Gasteiger partial charge in [0.15, 0.2) is 11.5 Å². The van der Waals surface area contributed by atoms with Crippen molar-refractivity contribution in [3.05, 3.63) is 59.3 Å². The minimum Gasteiger partial charge on any atom is -0.493 e. The molecule has 1 aromatic carbocycles. The number of nitrogens with zero attached hydrogens (tertiary/aromatic N) is 7. The first-order valence-corrected chi connectivity index (χ1v) is 10.7. The van der Waals surface area contributed by atoms with E-state index < -0.39 is 0 Å². The zero-order valence-corrected chi connectivity index (χ0v) is 19.0. The Hall–Kier alpha value is -3.95. The zero-order valence-electron chi connectivity index (χ0n) is 19.0. The molecule has 33 heavy (non-hydrogen) atoms. The number of amides is 1. The first kappa shape index (κ1) is 20.9. The van der Waals surface area contributed by atoms with Gasteiger partial charge in [-0.25, -0.2) is 14.6 Å². The van der Waals surface area contributed by atoms with Crippen molar-refractivity contribution < 1.29 is 14.3 Å². The summed E-state index contributed by atoms with van der Waals surface area (Å²) < 4.78 is 12.4. The summed E-state index contributed by atoms with van der Waals surface area (Å²) in [4.78, 5) is 26.7. The van der Waals surface area contributed by atoms with Gasteiger partial charge in [0, 0.05) is 49.2 Å². The van der Waals surface area contributed by atoms with E-state index >= 15 is 0 Å². The monoisotopic (exact) mass is 447 g/mol. The Balaban J connectivity index is 1.43. The number of hydrogen-bond acceptors (Lipinski definition) is 8. The number of hydrogen-bond donors (Lipinski definition) is 0. The van der Waals surface area contributed by atoms with Gasteiger partial charge >= 0.3 is 0 Å². The van der Waals surface area contributed by atoms with E-state index in [9.17, 15) is 4.79 Å². The predicted octanol–water partition coefficient (Wildman–Crippen LogP) is 2.17. The Morgan fingerprint density at radius 2 is 1.76 bits per heavy atom. The van der Waals surface area contributed by atoms with Crippen LogP contribution in [0.4, 0.5) is 5.95 Å². The molecule has 0 spiro atoms. The molecule has 4 heterocycles. The number of aromatic nitrogens is 5. The van der Waals surface area contributed by atoms with Crippen molar-refractivity contribution in [2.75, 3.05) is 38.8 Å². The van der Waals surface area contributed by atoms with Crippen LogP contribution in [0.3, 0.4) is 0 Å². The van der Waals surface area contributed by atoms with E-state index in [-0.39, 0.29) is 11.8 Å². The molecule has 1 amide bonds. The summed E-state index contributed by atoms with van der Waals surface area (Å²) in [6.07, 6.45) is 5.35. The molecule has 2 aromatic heterocycles. The van der Waals surface area contributed by atoms with Crippen molar-refractivity contribution in [2.45, 2.75) is 13.8 Å². The third-order valence-corrected chi connectivity index (χ3v) is 5.99. The fraction of sp³-hybridized carbons (Fsp3) is 0.348. The van der Waals surface area contributed by atoms with Crippen molar-refractivity contribution in [3.8, 4) is 17.2 Å². The second-order valence-electron chi connectivity index (χ2n) is 8.26. The molecular formula is C23H25N7O3. The molecule has 0 saturated carbocycles. The molecule has 1 atom stereocenters. The number of anilines is 1. The van der Waals surface area contributed by atoms with Crippen LogP contribution >= 0.6 is 0 Å². The molecule has 170 valence electrons. The Kier molecular flexibility index (Phi) is 5.20. The van der Waals surface area contributed by atoms with Crippen molar-refractivity contribution in [3.63, 3.8) is 0 Å². The summed E-state index contributed by atoms with van der Waals surface area (Å²) in [5.74, 6) is 1.87. The summed E-state index contributed by atoms with van der Waals surface area (Å²) in [6.45, 7) is 5.87. The highest BCUT2D eigenvalue weighted by Gasteiger charge is 2.37. The number of carbonyl (C=O) groups is 1. The predicted molar refractivity (Wildman–Crippen MR) is 121 cm³/mol. The average molecular weight is 447 g/mol. The van der Waals surface area contributed by atoms with Crippen LogP contribution in [0.15, 0.2) is 42.4 Å². The lowest BCUT2D eigenvalue weighted by Crippen LogP contribution is -2.32. The quantitative estimate of drug-likeness (QED) is 0.587. The summed E-state index contributed by atoms with van der Waals surface area (Å²) in [5.41, 5.74) is 4.16. The number of aryl methyl sites for hydroxylation is 2. The van der Waals surface area contributed by atoms with Gasteiger partial charge < -0.3 is 19.3 Å². The van der Waals surface area contributed by atoms with E-state index in [4.69, 9.17) is 9.47 Å². The van der Waals surface area contributed by atoms with E-state index in [1.54, 1.807) is 43.4 Å². The topological polar surface area (TPSA) is 98.5 Å². The van der Waals surface area contributed by atoms with E-state index in [0.717, 1.165) is 17.9 Å². The largest absolute Gasteiger partial charge is 0.493 e. The van der Waals surface area contributed by atoms with Crippen molar-refractivity contribution >= 4 is 11.9 Å². The summed E-state index contributed by atoms with van der Waals surface area (Å²) >= 11 is 0. The molecule has 3 aromatic rings. The Morgan fingerprint density at radius 3 is 2.39 bits per heavy atom. The van der Waals surface area contributed by atoms with Crippen LogP contribution in [0.25, 0.3) is 5.69 Å². The van der Waals surface area contributed by atoms with Crippen molar-refractivity contribution in [2.24, 2.45) is 5.92 Å². The lowest BCUT2D eigenvalue weighted by molar-refractivity contribution is 0.0788. The third kappa shape index (κ3) is 3.77. The summed E-state index contributed by atoms with van der Waals surface area (Å²) in [5, 5.41) is 7.95. The molecule has 1 saturated heterocycles. The SMILES string of the molecule is COc1cc(C(=O)N2CC3=CN(c4nc(C)cc(C)n4)CC3C2)c(-n2ccnn2)cc1OC. The van der Waals surface area contributed by atoms with Crippen LogP contribution in [0.2, 0.25) is 0 Å². The number of likely N-dealkylation sites (tertiary alicyclic amines) is 1. The van der Waals surface area contributed by atoms with Gasteiger partial charge in [0.25, 0.3) is 5.91 Å². The lowest BCUT2D eigenvalue weighted by atomic mass is 10.1. The van der Waals surface area contributed by atoms with Crippen LogP contribution in [0.5, 0.6) is 11.5 Å². The maximum Gasteiger partial charge on any atom is 0.256 e. The first-order chi connectivity index (χ1) is 16.0. The van der Waals surface area contributed by atoms with Crippen LogP contribution in [-0.2, 0) is 0 Å². The fourth-order valence-electron chi connectivity index (χ4n) is 4.47. The first-order valence-electron chi connectivity index (χ1n) is 10.7. The lowest BCUT2D eigenvalue weighted by Gasteiger charge is -2.22. The highest BCUT2D eigenvalue weighted by atomic mass is 16.5. The molecule has 0 aliphatic carbocycles. The molecule has 2 aliphatic heterocycles. The van der Waals surface area contributed by atoms with Gasteiger partial charge in [-0.1, -0.05) is 5.21 Å². The van der Waals surface area contributed by atoms with Gasteiger partial charge in [0.1, 0.15) is 0 Å². The van der Waals surface area contributed by atoms with E-state index in [2.05, 4.69) is 31.4 Å². The highest BCUT2D eigenvalue weighted by molar-refractivity contribution is 5.99. The molecule has 2 aliphatic rings. The van der Waals surface area contributed by atoms with Crippen molar-refractivity contribution in [1.82, 2.24) is 29.9 Å². The molecule has 0 radical (unpaired) electrons. The number of benzene rings is 1. The van der Waals surface area contributed by atoms with Gasteiger partial charge in [0.2, 0.25) is 5.95 Å². The minimum absolute atomic E-state index is 0.0917. The fourth-order valence-corrected chi connectivity index (χ4v) is 4.47. The molecule has 10 heteroatoms. The van der Waals surface area contributed by atoms with Crippen molar-refractivity contribution in [1.29, 1.82) is 0 Å². The summed E-state index contributed by atoms with van der Waals surface area (Å²) in [7, 11) is 3.11. The second kappa shape index (κ2) is 8.19. The van der Waals surface area contributed by atoms with Gasteiger partial charge in [-0.2, -0.15) is 0 Å². The molecule has 10 nitrogen and oxygen atoms in total. The Labute approximate surface area is 191 Å². The standard InChI is InChI=1S/C23H25N7O3/c1-14-7-15(2)26-23(25-14)29-12-16-10-28(11-17(16)13-29)22(31)18-8-20(32-3)21(33-4)9-19(18)30-6-5-24-27-30/h5-9,12,17H,10-11,13H2,1-4H3. The number of ether oxygens (including phenoxy) is 2. The number of carbonyl (C=O) groups excluding carboxylic acids is 1. The van der Waals surface area contributed by atoms with Crippen LogP contribution in [-0.4, -0.2) is 69.6 Å². The highest BCUT2D eigenvalue weighted by Crippen LogP contribution is 2.36. The van der Waals surface area contributed by atoms with Gasteiger partial charge in [-0.05, 0) is 31.6 Å². The summed E-state index contributed by atoms with van der Waals surface area (Å²) in [6, 6.07) is 5.41. The number of methoxy groups -OCH3 is 2. The van der Waals surface area contributed by atoms with Crippen LogP contribution < -0.4 is 14.4 Å². The van der Waals surface area contributed by atoms with Gasteiger partial charge in [-0.15, -0.1) is 5.10 Å². The Bertz CT molecular complexity index is 1220. The van der Waals surface area contributed by atoms with Crippen LogP contribution in [0.1, 0.15) is 21.7 Å².